The first-order valence-corrected chi connectivity index (χ1v) is 7.93. The summed E-state index contributed by atoms with van der Waals surface area (Å²) in [7, 11) is 0. The minimum absolute atomic E-state index is 0.0359. The summed E-state index contributed by atoms with van der Waals surface area (Å²) in [5.74, 6) is -0.841. The summed E-state index contributed by atoms with van der Waals surface area (Å²) in [6.07, 6.45) is -2.87. The number of alkyl halides is 4. The number of carbonyl (C=O) groups is 1. The van der Waals surface area contributed by atoms with E-state index in [9.17, 15) is 18.0 Å². The lowest BCUT2D eigenvalue weighted by Crippen LogP contribution is -2.20. The van der Waals surface area contributed by atoms with Gasteiger partial charge >= 0.3 is 6.30 Å². The van der Waals surface area contributed by atoms with Crippen LogP contribution in [-0.2, 0) is 12.2 Å². The molecule has 0 saturated carbocycles. The van der Waals surface area contributed by atoms with Gasteiger partial charge in [-0.3, -0.25) is 9.78 Å². The third-order valence-electron chi connectivity index (χ3n) is 3.20. The molecule has 1 aromatic carbocycles. The Bertz CT molecular complexity index is 810. The van der Waals surface area contributed by atoms with Crippen molar-refractivity contribution < 1.29 is 18.0 Å². The third-order valence-corrected chi connectivity index (χ3v) is 3.44. The van der Waals surface area contributed by atoms with Crippen LogP contribution >= 0.6 is 11.6 Å². The lowest BCUT2D eigenvalue weighted by Gasteiger charge is -2.09. The smallest absolute Gasteiger partial charge is 0.287 e. The number of benzene rings is 1. The number of halogens is 4. The molecule has 2 aromatic heterocycles. The third kappa shape index (κ3) is 4.89. The molecule has 0 fully saturated rings. The molecule has 0 N–H and O–H groups in total. The van der Waals surface area contributed by atoms with Crippen LogP contribution in [0.15, 0.2) is 54.7 Å². The van der Waals surface area contributed by atoms with Crippen LogP contribution in [0.1, 0.15) is 27.7 Å². The maximum absolute atomic E-state index is 12.2. The zero-order valence-corrected chi connectivity index (χ0v) is 14.4. The van der Waals surface area contributed by atoms with Crippen LogP contribution in [0.5, 0.6) is 0 Å². The van der Waals surface area contributed by atoms with Crippen molar-refractivity contribution >= 4 is 17.4 Å². The predicted molar refractivity (Wildman–Crippen MR) is 89.7 cm³/mol. The predicted octanol–water partition coefficient (Wildman–Crippen LogP) is 4.11. The minimum atomic E-state index is -4.49. The quantitative estimate of drug-likeness (QED) is 0.505. The van der Waals surface area contributed by atoms with Crippen LogP contribution in [0, 0.1) is 6.92 Å². The Balaban J connectivity index is 0.000000190. The second kappa shape index (κ2) is 8.57. The van der Waals surface area contributed by atoms with E-state index in [2.05, 4.69) is 15.2 Å². The van der Waals surface area contributed by atoms with Crippen molar-refractivity contribution in [1.82, 2.24) is 19.7 Å². The SMILES string of the molecule is Cc1nnc(CCl)n1C(F)(F)F.O=C(c1ccccc1)c1ccccn1. The Hall–Kier alpha value is -2.74. The molecule has 0 bridgehead atoms. The number of nitrogens with zero attached hydrogens (tertiary/aromatic N) is 4. The van der Waals surface area contributed by atoms with E-state index in [1.807, 2.05) is 24.3 Å². The number of carbonyl (C=O) groups excluding carboxylic acids is 1. The molecule has 26 heavy (non-hydrogen) atoms. The summed E-state index contributed by atoms with van der Waals surface area (Å²) in [6, 6.07) is 14.5. The second-order valence-electron chi connectivity index (χ2n) is 5.01. The molecule has 0 amide bonds. The summed E-state index contributed by atoms with van der Waals surface area (Å²) in [5, 5.41) is 6.52. The molecule has 136 valence electrons. The van der Waals surface area contributed by atoms with Gasteiger partial charge in [-0.2, -0.15) is 0 Å². The maximum atomic E-state index is 12.2. The van der Waals surface area contributed by atoms with Crippen molar-refractivity contribution in [2.75, 3.05) is 0 Å². The van der Waals surface area contributed by atoms with E-state index in [0.29, 0.717) is 11.3 Å². The van der Waals surface area contributed by atoms with E-state index < -0.39 is 6.30 Å². The van der Waals surface area contributed by atoms with E-state index in [1.165, 1.54) is 6.92 Å². The van der Waals surface area contributed by atoms with Gasteiger partial charge in [0, 0.05) is 11.8 Å². The Kier molecular flexibility index (Phi) is 6.46. The van der Waals surface area contributed by atoms with Crippen molar-refractivity contribution in [1.29, 1.82) is 0 Å². The molecule has 2 heterocycles. The number of hydrogen-bond donors (Lipinski definition) is 0. The molecule has 0 aliphatic rings. The number of hydrogen-bond acceptors (Lipinski definition) is 4. The van der Waals surface area contributed by atoms with E-state index in [-0.39, 0.29) is 27.9 Å². The Morgan fingerprint density at radius 3 is 2.23 bits per heavy atom. The average Bonchev–Trinajstić information content (AvgIpc) is 3.04. The van der Waals surface area contributed by atoms with Gasteiger partial charge < -0.3 is 0 Å². The van der Waals surface area contributed by atoms with E-state index in [0.717, 1.165) is 0 Å². The lowest BCUT2D eigenvalue weighted by molar-refractivity contribution is -0.206. The molecule has 0 unspecified atom stereocenters. The highest BCUT2D eigenvalue weighted by Crippen LogP contribution is 2.25. The number of ketones is 1. The normalized spacial score (nSPS) is 10.8. The van der Waals surface area contributed by atoms with Gasteiger partial charge in [0.05, 0.1) is 5.88 Å². The Morgan fingerprint density at radius 1 is 1.08 bits per heavy atom. The second-order valence-corrected chi connectivity index (χ2v) is 5.28. The first-order chi connectivity index (χ1) is 12.3. The fraction of sp³-hybridized carbons (Fsp3) is 0.176. The largest absolute Gasteiger partial charge is 0.491 e. The maximum Gasteiger partial charge on any atom is 0.491 e. The van der Waals surface area contributed by atoms with Crippen LogP contribution < -0.4 is 0 Å². The van der Waals surface area contributed by atoms with Crippen LogP contribution in [0.25, 0.3) is 0 Å². The van der Waals surface area contributed by atoms with Crippen LogP contribution in [0.3, 0.4) is 0 Å². The monoisotopic (exact) mass is 382 g/mol. The van der Waals surface area contributed by atoms with Gasteiger partial charge in [-0.1, -0.05) is 36.4 Å². The van der Waals surface area contributed by atoms with Crippen molar-refractivity contribution in [3.05, 3.63) is 77.6 Å². The standard InChI is InChI=1S/C12H9NO.C5H5ClF3N3/c14-12(10-6-2-1-3-7-10)11-8-4-5-9-13-11;1-3-10-11-4(2-6)12(3)5(7,8)9/h1-9H;2H2,1H3. The van der Waals surface area contributed by atoms with Gasteiger partial charge in [0.1, 0.15) is 11.5 Å². The molecule has 0 spiro atoms. The van der Waals surface area contributed by atoms with Crippen molar-refractivity contribution in [2.24, 2.45) is 0 Å². The molecule has 0 aliphatic heterocycles. The zero-order chi connectivity index (χ0) is 19.2. The Labute approximate surface area is 152 Å². The highest BCUT2D eigenvalue weighted by atomic mass is 35.5. The van der Waals surface area contributed by atoms with Gasteiger partial charge in [-0.15, -0.1) is 35.0 Å². The highest BCUT2D eigenvalue weighted by Gasteiger charge is 2.35. The van der Waals surface area contributed by atoms with Gasteiger partial charge in [0.2, 0.25) is 5.78 Å². The minimum Gasteiger partial charge on any atom is -0.287 e. The molecule has 0 radical (unpaired) electrons. The van der Waals surface area contributed by atoms with Crippen LogP contribution in [0.2, 0.25) is 0 Å². The van der Waals surface area contributed by atoms with Gasteiger partial charge in [0.15, 0.2) is 5.82 Å². The summed E-state index contributed by atoms with van der Waals surface area (Å²) in [4.78, 5) is 15.8. The molecule has 0 aliphatic carbocycles. The topological polar surface area (TPSA) is 60.7 Å². The lowest BCUT2D eigenvalue weighted by atomic mass is 10.1. The van der Waals surface area contributed by atoms with Gasteiger partial charge in [-0.25, -0.2) is 4.57 Å². The van der Waals surface area contributed by atoms with Crippen molar-refractivity contribution in [3.63, 3.8) is 0 Å². The average molecular weight is 383 g/mol. The van der Waals surface area contributed by atoms with Crippen LogP contribution in [0.4, 0.5) is 13.2 Å². The molecular weight excluding hydrogens is 369 g/mol. The molecular formula is C17H14ClF3N4O. The van der Waals surface area contributed by atoms with Crippen LogP contribution in [-0.4, -0.2) is 25.5 Å². The molecule has 5 nitrogen and oxygen atoms in total. The first-order valence-electron chi connectivity index (χ1n) is 7.39. The number of rotatable bonds is 3. The van der Waals surface area contributed by atoms with Gasteiger partial charge in [0.25, 0.3) is 0 Å². The summed E-state index contributed by atoms with van der Waals surface area (Å²) in [6.45, 7) is 1.22. The Morgan fingerprint density at radius 2 is 1.73 bits per heavy atom. The van der Waals surface area contributed by atoms with Gasteiger partial charge in [-0.05, 0) is 19.1 Å². The van der Waals surface area contributed by atoms with E-state index in [1.54, 1.807) is 30.5 Å². The fourth-order valence-corrected chi connectivity index (χ4v) is 2.23. The molecule has 0 saturated heterocycles. The number of aryl methyl sites for hydroxylation is 1. The summed E-state index contributed by atoms with van der Waals surface area (Å²) >= 11 is 5.23. The molecule has 0 atom stereocenters. The molecule has 3 rings (SSSR count). The van der Waals surface area contributed by atoms with E-state index >= 15 is 0 Å². The molecule has 9 heteroatoms. The summed E-state index contributed by atoms with van der Waals surface area (Å²) < 4.78 is 36.5. The summed E-state index contributed by atoms with van der Waals surface area (Å²) in [5.41, 5.74) is 1.16. The zero-order valence-electron chi connectivity index (χ0n) is 13.6. The van der Waals surface area contributed by atoms with E-state index in [4.69, 9.17) is 11.6 Å². The van der Waals surface area contributed by atoms with Crippen molar-refractivity contribution in [2.45, 2.75) is 19.1 Å². The fourth-order valence-electron chi connectivity index (χ4n) is 2.06. The van der Waals surface area contributed by atoms with Crippen molar-refractivity contribution in [3.8, 4) is 0 Å². The number of pyridine rings is 1. The number of aromatic nitrogens is 4. The highest BCUT2D eigenvalue weighted by molar-refractivity contribution is 6.16. The first kappa shape index (κ1) is 19.6. The molecule has 3 aromatic rings.